The average Bonchev–Trinajstić information content (AvgIpc) is 2.53. The van der Waals surface area contributed by atoms with Crippen LogP contribution in [-0.4, -0.2) is 51.4 Å². The summed E-state index contributed by atoms with van der Waals surface area (Å²) in [4.78, 5) is 12.3. The van der Waals surface area contributed by atoms with E-state index >= 15 is 0 Å². The molecule has 1 heterocycles. The molecule has 1 fully saturated rings. The summed E-state index contributed by atoms with van der Waals surface area (Å²) in [5.74, 6) is 0.329. The van der Waals surface area contributed by atoms with Gasteiger partial charge in [0, 0.05) is 44.2 Å². The lowest BCUT2D eigenvalue weighted by molar-refractivity contribution is 0.0942. The van der Waals surface area contributed by atoms with Gasteiger partial charge in [0.05, 0.1) is 4.90 Å². The average molecular weight is 390 g/mol. The first kappa shape index (κ1) is 21.9. The van der Waals surface area contributed by atoms with Crippen molar-refractivity contribution in [2.24, 2.45) is 5.92 Å². The summed E-state index contributed by atoms with van der Waals surface area (Å²) in [5, 5.41) is 6.04. The van der Waals surface area contributed by atoms with Crippen LogP contribution in [-0.2, 0) is 10.0 Å². The van der Waals surface area contributed by atoms with E-state index in [1.54, 1.807) is 12.1 Å². The molecule has 0 bridgehead atoms. The largest absolute Gasteiger partial charge is 0.352 e. The lowest BCUT2D eigenvalue weighted by Crippen LogP contribution is -2.48. The minimum absolute atomic E-state index is 0. The number of rotatable bonds is 9. The number of amides is 1. The fourth-order valence-corrected chi connectivity index (χ4v) is 4.23. The zero-order chi connectivity index (χ0) is 17.6. The molecule has 8 heteroatoms. The van der Waals surface area contributed by atoms with Crippen LogP contribution in [0.1, 0.15) is 37.0 Å². The lowest BCUT2D eigenvalue weighted by atomic mass is 10.0. The summed E-state index contributed by atoms with van der Waals surface area (Å²) in [6.07, 6.45) is 1.55. The Labute approximate surface area is 156 Å². The number of halogens is 1. The molecular formula is C17H28ClN3O3S. The fraction of sp³-hybridized carbons (Fsp3) is 0.588. The van der Waals surface area contributed by atoms with E-state index in [0.29, 0.717) is 31.1 Å². The van der Waals surface area contributed by atoms with Crippen LogP contribution >= 0.6 is 12.4 Å². The van der Waals surface area contributed by atoms with Crippen molar-refractivity contribution in [1.82, 2.24) is 14.9 Å². The van der Waals surface area contributed by atoms with Gasteiger partial charge in [-0.1, -0.05) is 13.8 Å². The first-order valence-electron chi connectivity index (χ1n) is 8.58. The molecule has 1 amide bonds. The van der Waals surface area contributed by atoms with Crippen LogP contribution in [0.2, 0.25) is 0 Å². The van der Waals surface area contributed by atoms with E-state index in [4.69, 9.17) is 0 Å². The highest BCUT2D eigenvalue weighted by Gasteiger charge is 2.23. The third-order valence-corrected chi connectivity index (χ3v) is 6.03. The maximum atomic E-state index is 12.7. The van der Waals surface area contributed by atoms with Gasteiger partial charge in [-0.2, -0.15) is 4.31 Å². The van der Waals surface area contributed by atoms with Crippen LogP contribution in [0.5, 0.6) is 0 Å². The predicted molar refractivity (Wildman–Crippen MR) is 102 cm³/mol. The number of benzene rings is 1. The van der Waals surface area contributed by atoms with E-state index < -0.39 is 10.0 Å². The number of carbonyl (C=O) groups is 1. The minimum atomic E-state index is -3.50. The van der Waals surface area contributed by atoms with Crippen molar-refractivity contribution in [2.45, 2.75) is 31.6 Å². The van der Waals surface area contributed by atoms with Gasteiger partial charge < -0.3 is 10.6 Å². The van der Waals surface area contributed by atoms with Gasteiger partial charge in [0.1, 0.15) is 0 Å². The molecule has 1 aliphatic rings. The first-order chi connectivity index (χ1) is 11.5. The third kappa shape index (κ3) is 5.67. The molecule has 2 rings (SSSR count). The number of hydrogen-bond acceptors (Lipinski definition) is 4. The topological polar surface area (TPSA) is 78.5 Å². The van der Waals surface area contributed by atoms with Crippen LogP contribution in [0.15, 0.2) is 29.2 Å². The lowest BCUT2D eigenvalue weighted by Gasteiger charge is -2.27. The molecule has 0 radical (unpaired) electrons. The summed E-state index contributed by atoms with van der Waals surface area (Å²) in [6.45, 7) is 7.45. The van der Waals surface area contributed by atoms with E-state index in [0.717, 1.165) is 25.9 Å². The van der Waals surface area contributed by atoms with Gasteiger partial charge >= 0.3 is 0 Å². The minimum Gasteiger partial charge on any atom is -0.352 e. The summed E-state index contributed by atoms with van der Waals surface area (Å²) < 4.78 is 26.9. The quantitative estimate of drug-likeness (QED) is 0.675. The second-order valence-corrected chi connectivity index (χ2v) is 8.10. The van der Waals surface area contributed by atoms with E-state index in [-0.39, 0.29) is 23.2 Å². The Morgan fingerprint density at radius 2 is 1.72 bits per heavy atom. The molecule has 0 saturated carbocycles. The second-order valence-electron chi connectivity index (χ2n) is 6.16. The summed E-state index contributed by atoms with van der Waals surface area (Å²) in [7, 11) is -3.50. The second kappa shape index (κ2) is 10.1. The molecule has 1 saturated heterocycles. The van der Waals surface area contributed by atoms with Gasteiger partial charge in [-0.25, -0.2) is 8.42 Å². The van der Waals surface area contributed by atoms with E-state index in [1.807, 2.05) is 13.8 Å². The summed E-state index contributed by atoms with van der Waals surface area (Å²) in [6, 6.07) is 6.20. The third-order valence-electron chi connectivity index (χ3n) is 4.12. The van der Waals surface area contributed by atoms with Gasteiger partial charge in [-0.15, -0.1) is 12.4 Å². The maximum Gasteiger partial charge on any atom is 0.251 e. The van der Waals surface area contributed by atoms with Crippen molar-refractivity contribution in [2.75, 3.05) is 32.7 Å². The molecule has 1 aromatic carbocycles. The molecule has 2 N–H and O–H groups in total. The molecule has 0 aliphatic carbocycles. The SMILES string of the molecule is CCCN(CCC)S(=O)(=O)c1ccc(C(=O)NCC2CNC2)cc1.Cl. The van der Waals surface area contributed by atoms with Gasteiger partial charge in [0.15, 0.2) is 0 Å². The highest BCUT2D eigenvalue weighted by molar-refractivity contribution is 7.89. The zero-order valence-corrected chi connectivity index (χ0v) is 16.5. The smallest absolute Gasteiger partial charge is 0.251 e. The highest BCUT2D eigenvalue weighted by Crippen LogP contribution is 2.17. The Morgan fingerprint density at radius 1 is 1.16 bits per heavy atom. The molecule has 0 aromatic heterocycles. The fourth-order valence-electron chi connectivity index (χ4n) is 2.61. The summed E-state index contributed by atoms with van der Waals surface area (Å²) >= 11 is 0. The normalized spacial score (nSPS) is 14.7. The Hall–Kier alpha value is -1.15. The van der Waals surface area contributed by atoms with Crippen LogP contribution in [0.3, 0.4) is 0 Å². The Morgan fingerprint density at radius 3 is 2.16 bits per heavy atom. The zero-order valence-electron chi connectivity index (χ0n) is 14.8. The van der Waals surface area contributed by atoms with Crippen molar-refractivity contribution in [3.8, 4) is 0 Å². The molecule has 25 heavy (non-hydrogen) atoms. The van der Waals surface area contributed by atoms with E-state index in [1.165, 1.54) is 16.4 Å². The number of hydrogen-bond donors (Lipinski definition) is 2. The molecule has 0 atom stereocenters. The molecule has 142 valence electrons. The van der Waals surface area contributed by atoms with Crippen LogP contribution in [0, 0.1) is 5.92 Å². The van der Waals surface area contributed by atoms with Crippen molar-refractivity contribution in [3.05, 3.63) is 29.8 Å². The van der Waals surface area contributed by atoms with Crippen LogP contribution in [0.25, 0.3) is 0 Å². The predicted octanol–water partition coefficient (Wildman–Crippen LogP) is 1.87. The van der Waals surface area contributed by atoms with Crippen molar-refractivity contribution in [1.29, 1.82) is 0 Å². The maximum absolute atomic E-state index is 12.7. The standard InChI is InChI=1S/C17H27N3O3S.ClH/c1-3-9-20(10-4-2)24(22,23)16-7-5-15(6-8-16)17(21)19-13-14-11-18-12-14;/h5-8,14,18H,3-4,9-13H2,1-2H3,(H,19,21);1H. The number of nitrogens with zero attached hydrogens (tertiary/aromatic N) is 1. The van der Waals surface area contributed by atoms with Crippen molar-refractivity contribution >= 4 is 28.3 Å². The van der Waals surface area contributed by atoms with Gasteiger partial charge in [-0.05, 0) is 37.1 Å². The van der Waals surface area contributed by atoms with Crippen LogP contribution < -0.4 is 10.6 Å². The van der Waals surface area contributed by atoms with Crippen molar-refractivity contribution < 1.29 is 13.2 Å². The van der Waals surface area contributed by atoms with Crippen molar-refractivity contribution in [3.63, 3.8) is 0 Å². The molecule has 1 aliphatic heterocycles. The first-order valence-corrected chi connectivity index (χ1v) is 10.0. The van der Waals surface area contributed by atoms with E-state index in [9.17, 15) is 13.2 Å². The molecular weight excluding hydrogens is 362 g/mol. The molecule has 0 unspecified atom stereocenters. The van der Waals surface area contributed by atoms with E-state index in [2.05, 4.69) is 10.6 Å². The molecule has 1 aromatic rings. The molecule has 6 nitrogen and oxygen atoms in total. The van der Waals surface area contributed by atoms with Gasteiger partial charge in [-0.3, -0.25) is 4.79 Å². The molecule has 0 spiro atoms. The number of carbonyl (C=O) groups excluding carboxylic acids is 1. The van der Waals surface area contributed by atoms with Crippen LogP contribution in [0.4, 0.5) is 0 Å². The Kier molecular flexibility index (Phi) is 8.85. The van der Waals surface area contributed by atoms with Gasteiger partial charge in [0.2, 0.25) is 10.0 Å². The monoisotopic (exact) mass is 389 g/mol. The highest BCUT2D eigenvalue weighted by atomic mass is 35.5. The number of sulfonamides is 1. The van der Waals surface area contributed by atoms with Gasteiger partial charge in [0.25, 0.3) is 5.91 Å². The number of nitrogens with one attached hydrogen (secondary N) is 2. The summed E-state index contributed by atoms with van der Waals surface area (Å²) in [5.41, 5.74) is 0.485. The Bertz CT molecular complexity index is 640. The Balaban J connectivity index is 0.00000312.